The number of hydrogen-bond acceptors (Lipinski definition) is 3. The summed E-state index contributed by atoms with van der Waals surface area (Å²) in [4.78, 5) is 21.1. The first-order valence-corrected chi connectivity index (χ1v) is 11.6. The molecule has 0 aromatic heterocycles. The number of benzene rings is 1. The molecule has 1 aromatic carbocycles. The van der Waals surface area contributed by atoms with E-state index in [1.807, 2.05) is 24.3 Å². The molecule has 6 nitrogen and oxygen atoms in total. The van der Waals surface area contributed by atoms with E-state index in [9.17, 15) is 4.79 Å². The SMILES string of the molecule is CCNC(=NCc1ccc(C(=O)N(C)C)cc1)NCC(C(CC)CC)N1CCCC1. The fraction of sp³-hybridized carbons (Fsp3) is 0.667. The molecule has 1 unspecified atom stereocenters. The Morgan fingerprint density at radius 3 is 2.23 bits per heavy atom. The number of carbonyl (C=O) groups is 1. The van der Waals surface area contributed by atoms with E-state index >= 15 is 0 Å². The third-order valence-electron chi connectivity index (χ3n) is 6.05. The van der Waals surface area contributed by atoms with Crippen LogP contribution in [0.2, 0.25) is 0 Å². The Labute approximate surface area is 183 Å². The van der Waals surface area contributed by atoms with Crippen LogP contribution in [0, 0.1) is 5.92 Å². The maximum absolute atomic E-state index is 12.0. The normalized spacial score (nSPS) is 16.0. The van der Waals surface area contributed by atoms with E-state index in [0.29, 0.717) is 24.1 Å². The Morgan fingerprint density at radius 1 is 1.07 bits per heavy atom. The summed E-state index contributed by atoms with van der Waals surface area (Å²) < 4.78 is 0. The van der Waals surface area contributed by atoms with Gasteiger partial charge in [-0.05, 0) is 56.5 Å². The van der Waals surface area contributed by atoms with Crippen LogP contribution in [-0.4, -0.2) is 68.0 Å². The van der Waals surface area contributed by atoms with Crippen molar-refractivity contribution in [3.05, 3.63) is 35.4 Å². The zero-order chi connectivity index (χ0) is 21.9. The summed E-state index contributed by atoms with van der Waals surface area (Å²) >= 11 is 0. The molecule has 1 fully saturated rings. The summed E-state index contributed by atoms with van der Waals surface area (Å²) in [6, 6.07) is 8.29. The monoisotopic (exact) mass is 415 g/mol. The molecule has 0 radical (unpaired) electrons. The third kappa shape index (κ3) is 7.01. The Bertz CT molecular complexity index is 659. The quantitative estimate of drug-likeness (QED) is 0.454. The van der Waals surface area contributed by atoms with Crippen molar-refractivity contribution in [2.75, 3.05) is 40.3 Å². The summed E-state index contributed by atoms with van der Waals surface area (Å²) in [6.07, 6.45) is 5.06. The number of nitrogens with zero attached hydrogens (tertiary/aromatic N) is 3. The van der Waals surface area contributed by atoms with Gasteiger partial charge in [0.25, 0.3) is 5.91 Å². The number of aliphatic imine (C=N–C) groups is 1. The number of carbonyl (C=O) groups excluding carboxylic acids is 1. The van der Waals surface area contributed by atoms with E-state index in [-0.39, 0.29) is 5.91 Å². The van der Waals surface area contributed by atoms with E-state index in [4.69, 9.17) is 4.99 Å². The first-order chi connectivity index (χ1) is 14.5. The van der Waals surface area contributed by atoms with Crippen LogP contribution in [0.4, 0.5) is 0 Å². The minimum absolute atomic E-state index is 0.0226. The van der Waals surface area contributed by atoms with Gasteiger partial charge in [-0.3, -0.25) is 9.69 Å². The second-order valence-corrected chi connectivity index (χ2v) is 8.36. The van der Waals surface area contributed by atoms with Crippen LogP contribution in [0.3, 0.4) is 0 Å². The Balaban J connectivity index is 2.01. The van der Waals surface area contributed by atoms with Gasteiger partial charge in [0, 0.05) is 38.8 Å². The summed E-state index contributed by atoms with van der Waals surface area (Å²) in [5.41, 5.74) is 1.80. The fourth-order valence-corrected chi connectivity index (χ4v) is 4.22. The molecule has 1 atom stereocenters. The van der Waals surface area contributed by atoms with E-state index < -0.39 is 0 Å². The van der Waals surface area contributed by atoms with Crippen molar-refractivity contribution in [3.63, 3.8) is 0 Å². The molecule has 30 heavy (non-hydrogen) atoms. The van der Waals surface area contributed by atoms with Gasteiger partial charge in [0.2, 0.25) is 0 Å². The largest absolute Gasteiger partial charge is 0.357 e. The van der Waals surface area contributed by atoms with Gasteiger partial charge in [0.15, 0.2) is 5.96 Å². The molecule has 1 aliphatic rings. The van der Waals surface area contributed by atoms with Crippen LogP contribution in [-0.2, 0) is 6.54 Å². The molecule has 1 amide bonds. The van der Waals surface area contributed by atoms with Crippen LogP contribution < -0.4 is 10.6 Å². The highest BCUT2D eigenvalue weighted by atomic mass is 16.2. The molecule has 0 spiro atoms. The average molecular weight is 416 g/mol. The van der Waals surface area contributed by atoms with Crippen LogP contribution >= 0.6 is 0 Å². The maximum Gasteiger partial charge on any atom is 0.253 e. The molecule has 1 aromatic rings. The lowest BCUT2D eigenvalue weighted by molar-refractivity contribution is 0.0827. The molecule has 0 aliphatic carbocycles. The minimum atomic E-state index is 0.0226. The lowest BCUT2D eigenvalue weighted by Gasteiger charge is -2.34. The van der Waals surface area contributed by atoms with Crippen molar-refractivity contribution < 1.29 is 4.79 Å². The third-order valence-corrected chi connectivity index (χ3v) is 6.05. The number of rotatable bonds is 10. The number of guanidine groups is 1. The van der Waals surface area contributed by atoms with Gasteiger partial charge in [0.1, 0.15) is 0 Å². The summed E-state index contributed by atoms with van der Waals surface area (Å²) in [7, 11) is 3.54. The molecule has 1 heterocycles. The van der Waals surface area contributed by atoms with E-state index in [1.165, 1.54) is 38.8 Å². The topological polar surface area (TPSA) is 60.0 Å². The summed E-state index contributed by atoms with van der Waals surface area (Å²) in [6.45, 7) is 11.5. The van der Waals surface area contributed by atoms with Gasteiger partial charge < -0.3 is 15.5 Å². The van der Waals surface area contributed by atoms with Gasteiger partial charge in [0.05, 0.1) is 6.54 Å². The number of nitrogens with one attached hydrogen (secondary N) is 2. The van der Waals surface area contributed by atoms with E-state index in [0.717, 1.165) is 24.6 Å². The predicted octanol–water partition coefficient (Wildman–Crippen LogP) is 3.34. The van der Waals surface area contributed by atoms with Crippen molar-refractivity contribution in [2.24, 2.45) is 10.9 Å². The Hall–Kier alpha value is -2.08. The first kappa shape index (κ1) is 24.2. The van der Waals surface area contributed by atoms with Crippen LogP contribution in [0.25, 0.3) is 0 Å². The number of hydrogen-bond donors (Lipinski definition) is 2. The molecule has 1 aliphatic heterocycles. The molecule has 0 saturated carbocycles. The molecule has 2 N–H and O–H groups in total. The summed E-state index contributed by atoms with van der Waals surface area (Å²) in [5, 5.41) is 6.98. The van der Waals surface area contributed by atoms with E-state index in [1.54, 1.807) is 19.0 Å². The molecular formula is C24H41N5O. The highest BCUT2D eigenvalue weighted by molar-refractivity contribution is 5.93. The van der Waals surface area contributed by atoms with Crippen molar-refractivity contribution >= 4 is 11.9 Å². The Morgan fingerprint density at radius 2 is 1.70 bits per heavy atom. The molecule has 2 rings (SSSR count). The average Bonchev–Trinajstić information content (AvgIpc) is 3.29. The van der Waals surface area contributed by atoms with Gasteiger partial charge >= 0.3 is 0 Å². The first-order valence-electron chi connectivity index (χ1n) is 11.6. The second-order valence-electron chi connectivity index (χ2n) is 8.36. The zero-order valence-electron chi connectivity index (χ0n) is 19.6. The van der Waals surface area contributed by atoms with Crippen LogP contribution in [0.5, 0.6) is 0 Å². The lowest BCUT2D eigenvalue weighted by Crippen LogP contribution is -2.49. The van der Waals surface area contributed by atoms with Gasteiger partial charge in [-0.1, -0.05) is 38.8 Å². The number of amides is 1. The molecule has 0 bridgehead atoms. The highest BCUT2D eigenvalue weighted by Crippen LogP contribution is 2.22. The smallest absolute Gasteiger partial charge is 0.253 e. The van der Waals surface area contributed by atoms with Gasteiger partial charge in [-0.2, -0.15) is 0 Å². The van der Waals surface area contributed by atoms with Gasteiger partial charge in [-0.15, -0.1) is 0 Å². The van der Waals surface area contributed by atoms with Crippen LogP contribution in [0.1, 0.15) is 62.4 Å². The molecule has 6 heteroatoms. The standard InChI is InChI=1S/C24H41N5O/c1-6-20(7-2)22(29-15-9-10-16-29)18-27-24(25-8-3)26-17-19-11-13-21(14-12-19)23(30)28(4)5/h11-14,20,22H,6-10,15-18H2,1-5H3,(H2,25,26,27). The molecule has 168 valence electrons. The van der Waals surface area contributed by atoms with Crippen molar-refractivity contribution in [2.45, 2.75) is 59.0 Å². The Kier molecular flexibility index (Phi) is 10.1. The fourth-order valence-electron chi connectivity index (χ4n) is 4.22. The van der Waals surface area contributed by atoms with E-state index in [2.05, 4.69) is 36.3 Å². The second kappa shape index (κ2) is 12.6. The van der Waals surface area contributed by atoms with Gasteiger partial charge in [-0.25, -0.2) is 4.99 Å². The number of likely N-dealkylation sites (tertiary alicyclic amines) is 1. The van der Waals surface area contributed by atoms with Crippen molar-refractivity contribution in [1.82, 2.24) is 20.4 Å². The predicted molar refractivity (Wildman–Crippen MR) is 126 cm³/mol. The minimum Gasteiger partial charge on any atom is -0.357 e. The lowest BCUT2D eigenvalue weighted by atomic mass is 9.93. The highest BCUT2D eigenvalue weighted by Gasteiger charge is 2.27. The maximum atomic E-state index is 12.0. The zero-order valence-corrected chi connectivity index (χ0v) is 19.6. The van der Waals surface area contributed by atoms with Crippen molar-refractivity contribution in [3.8, 4) is 0 Å². The molecular weight excluding hydrogens is 374 g/mol. The van der Waals surface area contributed by atoms with Crippen LogP contribution in [0.15, 0.2) is 29.3 Å². The molecule has 1 saturated heterocycles. The van der Waals surface area contributed by atoms with Crippen molar-refractivity contribution in [1.29, 1.82) is 0 Å². The summed E-state index contributed by atoms with van der Waals surface area (Å²) in [5.74, 6) is 1.59.